The fourth-order valence-electron chi connectivity index (χ4n) is 2.10. The maximum atomic E-state index is 11.5. The zero-order valence-corrected chi connectivity index (χ0v) is 12.7. The zero-order chi connectivity index (χ0) is 17.8. The van der Waals surface area contributed by atoms with Gasteiger partial charge >= 0.3 is 5.69 Å². The molecule has 0 fully saturated rings. The number of nitro groups is 1. The van der Waals surface area contributed by atoms with Crippen LogP contribution < -0.4 is 10.6 Å². The van der Waals surface area contributed by atoms with E-state index in [0.29, 0.717) is 11.4 Å². The maximum absolute atomic E-state index is 11.5. The van der Waals surface area contributed by atoms with Crippen LogP contribution >= 0.6 is 0 Å². The molecule has 0 amide bonds. The molecule has 4 N–H and O–H groups in total. The Balaban J connectivity index is 1.94. The lowest BCUT2D eigenvalue weighted by Gasteiger charge is -2.10. The van der Waals surface area contributed by atoms with Gasteiger partial charge in [-0.3, -0.25) is 10.1 Å². The van der Waals surface area contributed by atoms with E-state index < -0.39 is 4.92 Å². The van der Waals surface area contributed by atoms with Crippen LogP contribution in [0.5, 0.6) is 11.5 Å². The highest BCUT2D eigenvalue weighted by Gasteiger charge is 2.23. The molecule has 0 spiro atoms. The molecule has 1 heterocycles. The molecule has 1 aromatic heterocycles. The van der Waals surface area contributed by atoms with Crippen LogP contribution in [0, 0.1) is 10.1 Å². The molecule has 0 saturated heterocycles. The lowest BCUT2D eigenvalue weighted by molar-refractivity contribution is -0.383. The van der Waals surface area contributed by atoms with Gasteiger partial charge in [-0.25, -0.2) is 9.97 Å². The molecule has 9 heteroatoms. The van der Waals surface area contributed by atoms with E-state index in [1.54, 1.807) is 24.3 Å². The first kappa shape index (κ1) is 16.0. The molecule has 0 aliphatic heterocycles. The highest BCUT2D eigenvalue weighted by atomic mass is 16.6. The van der Waals surface area contributed by atoms with E-state index in [0.717, 1.165) is 0 Å². The smallest absolute Gasteiger partial charge is 0.353 e. The monoisotopic (exact) mass is 339 g/mol. The molecule has 3 aromatic rings. The number of phenolic OH excluding ortho intramolecular Hbond substituents is 2. The number of anilines is 4. The Labute approximate surface area is 141 Å². The Bertz CT molecular complexity index is 832. The summed E-state index contributed by atoms with van der Waals surface area (Å²) in [5, 5.41) is 35.8. The summed E-state index contributed by atoms with van der Waals surface area (Å²) in [7, 11) is 0. The van der Waals surface area contributed by atoms with Gasteiger partial charge in [0.2, 0.25) is 11.6 Å². The van der Waals surface area contributed by atoms with Crippen molar-refractivity contribution >= 4 is 28.7 Å². The Morgan fingerprint density at radius 2 is 1.20 bits per heavy atom. The van der Waals surface area contributed by atoms with Crippen molar-refractivity contribution < 1.29 is 15.1 Å². The minimum Gasteiger partial charge on any atom is -0.508 e. The maximum Gasteiger partial charge on any atom is 0.353 e. The normalized spacial score (nSPS) is 10.2. The standard InChI is InChI=1S/C16H13N5O4/c22-12-5-1-10(2-6-12)19-15-14(21(24)25)16(18-9-17-15)20-11-3-7-13(23)8-4-11/h1-9,22-23H,(H2,17,18,19,20). The Kier molecular flexibility index (Phi) is 4.29. The average molecular weight is 339 g/mol. The van der Waals surface area contributed by atoms with Gasteiger partial charge in [-0.2, -0.15) is 0 Å². The van der Waals surface area contributed by atoms with E-state index >= 15 is 0 Å². The predicted octanol–water partition coefficient (Wildman–Crippen LogP) is 3.28. The van der Waals surface area contributed by atoms with Gasteiger partial charge in [0, 0.05) is 11.4 Å². The van der Waals surface area contributed by atoms with Crippen molar-refractivity contribution in [1.82, 2.24) is 9.97 Å². The quantitative estimate of drug-likeness (QED) is 0.316. The van der Waals surface area contributed by atoms with Crippen molar-refractivity contribution in [3.8, 4) is 11.5 Å². The number of nitrogens with zero attached hydrogens (tertiary/aromatic N) is 3. The number of aromatic hydroxyl groups is 2. The first-order valence-corrected chi connectivity index (χ1v) is 7.14. The van der Waals surface area contributed by atoms with Crippen LogP contribution in [0.25, 0.3) is 0 Å². The van der Waals surface area contributed by atoms with Crippen molar-refractivity contribution in [1.29, 1.82) is 0 Å². The third-order valence-corrected chi connectivity index (χ3v) is 3.26. The Morgan fingerprint density at radius 3 is 1.56 bits per heavy atom. The molecule has 0 unspecified atom stereocenters. The Hall–Kier alpha value is -3.88. The summed E-state index contributed by atoms with van der Waals surface area (Å²) in [5.41, 5.74) is 0.717. The van der Waals surface area contributed by atoms with Crippen LogP contribution in [0.1, 0.15) is 0 Å². The molecule has 0 atom stereocenters. The largest absolute Gasteiger partial charge is 0.508 e. The highest BCUT2D eigenvalue weighted by molar-refractivity contribution is 5.76. The molecule has 0 aliphatic rings. The average Bonchev–Trinajstić information content (AvgIpc) is 2.59. The number of benzene rings is 2. The van der Waals surface area contributed by atoms with Gasteiger partial charge in [0.15, 0.2) is 0 Å². The summed E-state index contributed by atoms with van der Waals surface area (Å²) in [6.07, 6.45) is 1.19. The van der Waals surface area contributed by atoms with Crippen LogP contribution in [0.15, 0.2) is 54.9 Å². The topological polar surface area (TPSA) is 133 Å². The van der Waals surface area contributed by atoms with Gasteiger partial charge in [0.05, 0.1) is 4.92 Å². The van der Waals surface area contributed by atoms with Gasteiger partial charge in [-0.15, -0.1) is 0 Å². The predicted molar refractivity (Wildman–Crippen MR) is 91.5 cm³/mol. The molecule has 126 valence electrons. The third-order valence-electron chi connectivity index (χ3n) is 3.26. The van der Waals surface area contributed by atoms with E-state index in [4.69, 9.17) is 0 Å². The van der Waals surface area contributed by atoms with Crippen molar-refractivity contribution in [2.45, 2.75) is 0 Å². The lowest BCUT2D eigenvalue weighted by Crippen LogP contribution is -2.05. The zero-order valence-electron chi connectivity index (χ0n) is 12.7. The number of hydrogen-bond donors (Lipinski definition) is 4. The second-order valence-electron chi connectivity index (χ2n) is 5.02. The molecule has 0 bridgehead atoms. The van der Waals surface area contributed by atoms with E-state index in [1.165, 1.54) is 30.6 Å². The molecular formula is C16H13N5O4. The van der Waals surface area contributed by atoms with Gasteiger partial charge in [0.25, 0.3) is 0 Å². The van der Waals surface area contributed by atoms with Crippen molar-refractivity contribution in [2.75, 3.05) is 10.6 Å². The van der Waals surface area contributed by atoms with Crippen LogP contribution in [-0.2, 0) is 0 Å². The molecule has 3 rings (SSSR count). The van der Waals surface area contributed by atoms with Gasteiger partial charge in [-0.05, 0) is 48.5 Å². The third kappa shape index (κ3) is 3.72. The fourth-order valence-corrected chi connectivity index (χ4v) is 2.10. The lowest BCUT2D eigenvalue weighted by atomic mass is 10.3. The first-order valence-electron chi connectivity index (χ1n) is 7.14. The molecule has 0 saturated carbocycles. The molecule has 0 radical (unpaired) electrons. The van der Waals surface area contributed by atoms with E-state index in [1.807, 2.05) is 0 Å². The minimum atomic E-state index is -0.592. The van der Waals surface area contributed by atoms with Gasteiger partial charge in [-0.1, -0.05) is 0 Å². The van der Waals surface area contributed by atoms with E-state index in [9.17, 15) is 20.3 Å². The number of phenols is 2. The number of hydrogen-bond acceptors (Lipinski definition) is 8. The number of aromatic nitrogens is 2. The summed E-state index contributed by atoms with van der Waals surface area (Å²) >= 11 is 0. The molecule has 25 heavy (non-hydrogen) atoms. The van der Waals surface area contributed by atoms with Crippen molar-refractivity contribution in [3.63, 3.8) is 0 Å². The highest BCUT2D eigenvalue weighted by Crippen LogP contribution is 2.33. The molecule has 2 aromatic carbocycles. The van der Waals surface area contributed by atoms with Crippen LogP contribution in [-0.4, -0.2) is 25.1 Å². The summed E-state index contributed by atoms with van der Waals surface area (Å²) < 4.78 is 0. The number of nitrogens with one attached hydrogen (secondary N) is 2. The van der Waals surface area contributed by atoms with Crippen LogP contribution in [0.2, 0.25) is 0 Å². The SMILES string of the molecule is O=[N+]([O-])c1c(Nc2ccc(O)cc2)ncnc1Nc1ccc(O)cc1. The molecule has 0 aliphatic carbocycles. The van der Waals surface area contributed by atoms with Crippen LogP contribution in [0.3, 0.4) is 0 Å². The minimum absolute atomic E-state index is 0.00645. The number of rotatable bonds is 5. The first-order chi connectivity index (χ1) is 12.0. The molecule has 9 nitrogen and oxygen atoms in total. The van der Waals surface area contributed by atoms with Crippen LogP contribution in [0.4, 0.5) is 28.7 Å². The summed E-state index contributed by atoms with van der Waals surface area (Å²) in [6.45, 7) is 0. The van der Waals surface area contributed by atoms with E-state index in [-0.39, 0.29) is 28.8 Å². The second kappa shape index (κ2) is 6.71. The second-order valence-corrected chi connectivity index (χ2v) is 5.02. The van der Waals surface area contributed by atoms with E-state index in [2.05, 4.69) is 20.6 Å². The van der Waals surface area contributed by atoms with Gasteiger partial charge < -0.3 is 20.8 Å². The summed E-state index contributed by atoms with van der Waals surface area (Å²) in [5.74, 6) is 0.175. The molecular weight excluding hydrogens is 326 g/mol. The Morgan fingerprint density at radius 1 is 0.800 bits per heavy atom. The van der Waals surface area contributed by atoms with Crippen molar-refractivity contribution in [3.05, 3.63) is 65.0 Å². The van der Waals surface area contributed by atoms with Gasteiger partial charge in [0.1, 0.15) is 17.8 Å². The fraction of sp³-hybridized carbons (Fsp3) is 0. The van der Waals surface area contributed by atoms with Crippen molar-refractivity contribution in [2.24, 2.45) is 0 Å². The summed E-state index contributed by atoms with van der Waals surface area (Å²) in [4.78, 5) is 18.8. The summed E-state index contributed by atoms with van der Waals surface area (Å²) in [6, 6.07) is 12.1.